The second kappa shape index (κ2) is 5.87. The average Bonchev–Trinajstić information content (AvgIpc) is 3.37. The maximum atomic E-state index is 12.4. The van der Waals surface area contributed by atoms with Crippen molar-refractivity contribution in [3.05, 3.63) is 36.4 Å². The second-order valence-corrected chi connectivity index (χ2v) is 7.58. The molecule has 0 aromatic heterocycles. The van der Waals surface area contributed by atoms with Crippen molar-refractivity contribution < 1.29 is 8.42 Å². The molecule has 0 radical (unpaired) electrons. The molecule has 0 bridgehead atoms. The van der Waals surface area contributed by atoms with Gasteiger partial charge in [0.1, 0.15) is 0 Å². The van der Waals surface area contributed by atoms with E-state index in [-0.39, 0.29) is 0 Å². The zero-order valence-electron chi connectivity index (χ0n) is 12.9. The van der Waals surface area contributed by atoms with Crippen LogP contribution >= 0.6 is 0 Å². The van der Waals surface area contributed by atoms with Crippen molar-refractivity contribution >= 4 is 26.5 Å². The van der Waals surface area contributed by atoms with Crippen LogP contribution in [0.2, 0.25) is 0 Å². The smallest absolute Gasteiger partial charge is 0.243 e. The fourth-order valence-corrected chi connectivity index (χ4v) is 3.85. The van der Waals surface area contributed by atoms with Gasteiger partial charge in [-0.25, -0.2) is 8.42 Å². The lowest BCUT2D eigenvalue weighted by Crippen LogP contribution is -2.13. The van der Waals surface area contributed by atoms with Crippen LogP contribution in [0.4, 0.5) is 5.69 Å². The molecule has 2 heterocycles. The molecule has 2 aliphatic heterocycles. The van der Waals surface area contributed by atoms with Gasteiger partial charge in [0.15, 0.2) is 0 Å². The SMILES string of the molecule is C1CN1.CN(C)c1cccc2c(S(=O)(=O)N3CC3)cccc12. The van der Waals surface area contributed by atoms with E-state index in [2.05, 4.69) is 5.32 Å². The lowest BCUT2D eigenvalue weighted by atomic mass is 10.1. The quantitative estimate of drug-likeness (QED) is 0.871. The van der Waals surface area contributed by atoms with Gasteiger partial charge in [0.2, 0.25) is 10.0 Å². The standard InChI is InChI=1S/C14H16N2O2S.C2H5N/c1-15(2)13-7-3-6-12-11(13)5-4-8-14(12)19(17,18)16-9-10-16;1-2-3-1/h3-8H,9-10H2,1-2H3;3H,1-2H2. The van der Waals surface area contributed by atoms with Crippen molar-refractivity contribution in [3.8, 4) is 0 Å². The van der Waals surface area contributed by atoms with Crippen LogP contribution in [0.5, 0.6) is 0 Å². The summed E-state index contributed by atoms with van der Waals surface area (Å²) in [4.78, 5) is 2.40. The van der Waals surface area contributed by atoms with Crippen molar-refractivity contribution in [2.75, 3.05) is 45.2 Å². The minimum atomic E-state index is -3.32. The Balaban J connectivity index is 0.000000429. The van der Waals surface area contributed by atoms with E-state index in [1.165, 1.54) is 17.4 Å². The molecule has 2 aliphatic rings. The molecule has 0 spiro atoms. The van der Waals surface area contributed by atoms with Crippen molar-refractivity contribution in [1.82, 2.24) is 9.62 Å². The number of fused-ring (bicyclic) bond motifs is 1. The highest BCUT2D eigenvalue weighted by atomic mass is 32.2. The van der Waals surface area contributed by atoms with Crippen LogP contribution in [0.15, 0.2) is 41.3 Å². The number of sulfonamides is 1. The molecule has 0 saturated carbocycles. The summed E-state index contributed by atoms with van der Waals surface area (Å²) >= 11 is 0. The fourth-order valence-electron chi connectivity index (χ4n) is 2.30. The largest absolute Gasteiger partial charge is 0.377 e. The molecule has 2 saturated heterocycles. The normalized spacial score (nSPS) is 16.8. The van der Waals surface area contributed by atoms with E-state index in [1.807, 2.05) is 49.3 Å². The number of rotatable bonds is 3. The van der Waals surface area contributed by atoms with E-state index in [9.17, 15) is 8.42 Å². The first-order valence-corrected chi connectivity index (χ1v) is 8.86. The van der Waals surface area contributed by atoms with Gasteiger partial charge in [-0.2, -0.15) is 4.31 Å². The maximum absolute atomic E-state index is 12.4. The highest BCUT2D eigenvalue weighted by Crippen LogP contribution is 2.32. The molecule has 5 nitrogen and oxygen atoms in total. The molecule has 0 atom stereocenters. The summed E-state index contributed by atoms with van der Waals surface area (Å²) in [5.74, 6) is 0. The summed E-state index contributed by atoms with van der Waals surface area (Å²) in [6, 6.07) is 11.2. The summed E-state index contributed by atoms with van der Waals surface area (Å²) in [6.45, 7) is 3.76. The van der Waals surface area contributed by atoms with Gasteiger partial charge in [-0.05, 0) is 12.1 Å². The molecule has 0 aliphatic carbocycles. The zero-order valence-corrected chi connectivity index (χ0v) is 13.7. The number of hydrogen-bond acceptors (Lipinski definition) is 4. The zero-order chi connectivity index (χ0) is 15.7. The van der Waals surface area contributed by atoms with Gasteiger partial charge in [0.25, 0.3) is 0 Å². The Kier molecular flexibility index (Phi) is 4.08. The Hall–Kier alpha value is -1.63. The van der Waals surface area contributed by atoms with Crippen molar-refractivity contribution in [3.63, 3.8) is 0 Å². The van der Waals surface area contributed by atoms with E-state index >= 15 is 0 Å². The predicted molar refractivity (Wildman–Crippen MR) is 89.9 cm³/mol. The van der Waals surface area contributed by atoms with Crippen LogP contribution < -0.4 is 10.2 Å². The summed E-state index contributed by atoms with van der Waals surface area (Å²) < 4.78 is 26.3. The first-order chi connectivity index (χ1) is 10.5. The second-order valence-electron chi connectivity index (χ2n) is 5.68. The topological polar surface area (TPSA) is 62.3 Å². The lowest BCUT2D eigenvalue weighted by molar-refractivity contribution is 0.564. The molecule has 6 heteroatoms. The molecule has 2 aromatic rings. The number of benzene rings is 2. The predicted octanol–water partition coefficient (Wildman–Crippen LogP) is 1.50. The molecule has 2 fully saturated rings. The van der Waals surface area contributed by atoms with Gasteiger partial charge < -0.3 is 10.2 Å². The molecule has 4 rings (SSSR count). The Morgan fingerprint density at radius 3 is 2.14 bits per heavy atom. The van der Waals surface area contributed by atoms with E-state index in [1.54, 1.807) is 6.07 Å². The van der Waals surface area contributed by atoms with E-state index in [0.29, 0.717) is 18.0 Å². The van der Waals surface area contributed by atoms with Crippen molar-refractivity contribution in [1.29, 1.82) is 0 Å². The minimum Gasteiger partial charge on any atom is -0.377 e. The first kappa shape index (κ1) is 15.3. The van der Waals surface area contributed by atoms with Gasteiger partial charge in [-0.1, -0.05) is 24.3 Å². The van der Waals surface area contributed by atoms with E-state index in [0.717, 1.165) is 16.5 Å². The number of anilines is 1. The Morgan fingerprint density at radius 2 is 1.59 bits per heavy atom. The molecule has 118 valence electrons. The van der Waals surface area contributed by atoms with Gasteiger partial charge in [0, 0.05) is 56.7 Å². The monoisotopic (exact) mass is 319 g/mol. The highest BCUT2D eigenvalue weighted by Gasteiger charge is 2.34. The Labute approximate surface area is 131 Å². The van der Waals surface area contributed by atoms with E-state index in [4.69, 9.17) is 0 Å². The molecular formula is C16H21N3O2S. The third-order valence-corrected chi connectivity index (χ3v) is 5.57. The first-order valence-electron chi connectivity index (χ1n) is 7.42. The molecule has 0 unspecified atom stereocenters. The van der Waals surface area contributed by atoms with Crippen LogP contribution in [-0.2, 0) is 10.0 Å². The van der Waals surface area contributed by atoms with Crippen molar-refractivity contribution in [2.45, 2.75) is 4.90 Å². The van der Waals surface area contributed by atoms with E-state index < -0.39 is 10.0 Å². The van der Waals surface area contributed by atoms with Crippen LogP contribution in [0.1, 0.15) is 0 Å². The van der Waals surface area contributed by atoms with Gasteiger partial charge >= 0.3 is 0 Å². The molecule has 1 N–H and O–H groups in total. The summed E-state index contributed by atoms with van der Waals surface area (Å²) in [7, 11) is 0.597. The van der Waals surface area contributed by atoms with Crippen LogP contribution in [0.3, 0.4) is 0 Å². The van der Waals surface area contributed by atoms with Crippen LogP contribution in [-0.4, -0.2) is 53.0 Å². The van der Waals surface area contributed by atoms with Gasteiger partial charge in [-0.3, -0.25) is 0 Å². The molecular weight excluding hydrogens is 298 g/mol. The highest BCUT2D eigenvalue weighted by molar-refractivity contribution is 7.89. The van der Waals surface area contributed by atoms with Gasteiger partial charge in [-0.15, -0.1) is 0 Å². The molecule has 2 aromatic carbocycles. The minimum absolute atomic E-state index is 0.409. The number of nitrogens with zero attached hydrogens (tertiary/aromatic N) is 2. The van der Waals surface area contributed by atoms with Crippen LogP contribution in [0.25, 0.3) is 10.8 Å². The summed E-state index contributed by atoms with van der Waals surface area (Å²) in [6.07, 6.45) is 0. The van der Waals surface area contributed by atoms with Gasteiger partial charge in [0.05, 0.1) is 4.90 Å². The third kappa shape index (κ3) is 3.09. The molecule has 0 amide bonds. The summed E-state index contributed by atoms with van der Waals surface area (Å²) in [5.41, 5.74) is 1.03. The fraction of sp³-hybridized carbons (Fsp3) is 0.375. The van der Waals surface area contributed by atoms with Crippen molar-refractivity contribution in [2.24, 2.45) is 0 Å². The van der Waals surface area contributed by atoms with Crippen LogP contribution in [0, 0.1) is 0 Å². The average molecular weight is 319 g/mol. The summed E-state index contributed by atoms with van der Waals surface area (Å²) in [5, 5.41) is 4.76. The third-order valence-electron chi connectivity index (χ3n) is 3.61. The molecule has 22 heavy (non-hydrogen) atoms. The number of hydrogen-bond donors (Lipinski definition) is 1. The Bertz CT molecular complexity index is 778. The number of nitrogens with one attached hydrogen (secondary N) is 1. The maximum Gasteiger partial charge on any atom is 0.243 e. The lowest BCUT2D eigenvalue weighted by Gasteiger charge is -2.17. The Morgan fingerprint density at radius 1 is 1.00 bits per heavy atom.